The first-order chi connectivity index (χ1) is 7.61. The van der Waals surface area contributed by atoms with E-state index in [1.165, 1.54) is 11.3 Å². The van der Waals surface area contributed by atoms with Crippen LogP contribution in [0.25, 0.3) is 10.4 Å². The first-order valence-electron chi connectivity index (χ1n) is 4.69. The second-order valence-corrected chi connectivity index (χ2v) is 5.18. The number of hydrogen-bond donors (Lipinski definition) is 1. The number of halogens is 1. The number of rotatable bonds is 2. The smallest absolute Gasteiger partial charge is 0.346 e. The molecule has 0 aliphatic heterocycles. The van der Waals surface area contributed by atoms with Crippen LogP contribution in [0.5, 0.6) is 0 Å². The van der Waals surface area contributed by atoms with Crippen LogP contribution in [0.2, 0.25) is 0 Å². The molecule has 2 aromatic rings. The van der Waals surface area contributed by atoms with Gasteiger partial charge in [-0.25, -0.2) is 4.79 Å². The molecule has 0 radical (unpaired) electrons. The summed E-state index contributed by atoms with van der Waals surface area (Å²) in [6.45, 7) is 1.82. The Hall–Kier alpha value is -1.13. The second kappa shape index (κ2) is 4.39. The molecule has 4 heteroatoms. The van der Waals surface area contributed by atoms with Crippen molar-refractivity contribution in [3.05, 3.63) is 45.2 Å². The van der Waals surface area contributed by atoms with E-state index in [0.29, 0.717) is 4.88 Å². The summed E-state index contributed by atoms with van der Waals surface area (Å²) in [5, 5.41) is 9.04. The zero-order valence-corrected chi connectivity index (χ0v) is 10.9. The summed E-state index contributed by atoms with van der Waals surface area (Å²) >= 11 is 4.75. The van der Waals surface area contributed by atoms with E-state index in [1.807, 2.05) is 37.3 Å². The molecule has 0 unspecified atom stereocenters. The molecule has 2 rings (SSSR count). The van der Waals surface area contributed by atoms with Gasteiger partial charge in [-0.1, -0.05) is 30.3 Å². The molecule has 0 aliphatic rings. The molecule has 1 heterocycles. The van der Waals surface area contributed by atoms with Gasteiger partial charge in [0.05, 0.1) is 0 Å². The van der Waals surface area contributed by atoms with Gasteiger partial charge >= 0.3 is 5.97 Å². The zero-order chi connectivity index (χ0) is 11.7. The number of benzene rings is 1. The number of carboxylic acid groups (broad SMARTS) is 1. The van der Waals surface area contributed by atoms with E-state index >= 15 is 0 Å². The summed E-state index contributed by atoms with van der Waals surface area (Å²) in [6, 6.07) is 9.77. The maximum atomic E-state index is 11.0. The molecule has 0 atom stereocenters. The Labute approximate surface area is 106 Å². The highest BCUT2D eigenvalue weighted by molar-refractivity contribution is 9.10. The molecule has 82 valence electrons. The molecule has 0 fully saturated rings. The van der Waals surface area contributed by atoms with Crippen molar-refractivity contribution < 1.29 is 9.90 Å². The normalized spacial score (nSPS) is 10.4. The molecule has 1 aromatic carbocycles. The number of carboxylic acids is 1. The molecular formula is C12H9BrO2S. The lowest BCUT2D eigenvalue weighted by Gasteiger charge is -1.97. The largest absolute Gasteiger partial charge is 0.477 e. The number of carbonyl (C=O) groups is 1. The number of hydrogen-bond acceptors (Lipinski definition) is 2. The van der Waals surface area contributed by atoms with Gasteiger partial charge in [-0.15, -0.1) is 11.3 Å². The minimum absolute atomic E-state index is 0.394. The van der Waals surface area contributed by atoms with E-state index in [9.17, 15) is 4.79 Å². The number of thiophene rings is 1. The molecule has 0 aliphatic carbocycles. The van der Waals surface area contributed by atoms with Crippen molar-refractivity contribution >= 4 is 33.2 Å². The van der Waals surface area contributed by atoms with Crippen LogP contribution in [0.3, 0.4) is 0 Å². The summed E-state index contributed by atoms with van der Waals surface area (Å²) in [6.07, 6.45) is 0. The molecule has 0 amide bonds. The average molecular weight is 297 g/mol. The Balaban J connectivity index is 2.60. The van der Waals surface area contributed by atoms with Gasteiger partial charge in [0.15, 0.2) is 0 Å². The van der Waals surface area contributed by atoms with Gasteiger partial charge in [0.2, 0.25) is 0 Å². The van der Waals surface area contributed by atoms with Crippen molar-refractivity contribution in [3.8, 4) is 10.4 Å². The van der Waals surface area contributed by atoms with Gasteiger partial charge in [-0.3, -0.25) is 0 Å². The zero-order valence-electron chi connectivity index (χ0n) is 8.53. The van der Waals surface area contributed by atoms with E-state index in [2.05, 4.69) is 15.9 Å². The molecule has 1 aromatic heterocycles. The van der Waals surface area contributed by atoms with E-state index in [0.717, 1.165) is 20.5 Å². The quantitative estimate of drug-likeness (QED) is 0.902. The first kappa shape index (κ1) is 11.4. The van der Waals surface area contributed by atoms with Crippen LogP contribution in [-0.2, 0) is 0 Å². The highest BCUT2D eigenvalue weighted by Crippen LogP contribution is 2.39. The Morgan fingerprint density at radius 1 is 1.31 bits per heavy atom. The molecule has 0 bridgehead atoms. The summed E-state index contributed by atoms with van der Waals surface area (Å²) in [7, 11) is 0. The van der Waals surface area contributed by atoms with Crippen LogP contribution in [0.1, 0.15) is 15.2 Å². The maximum Gasteiger partial charge on any atom is 0.346 e. The topological polar surface area (TPSA) is 37.3 Å². The highest BCUT2D eigenvalue weighted by atomic mass is 79.9. The second-order valence-electron chi connectivity index (χ2n) is 3.37. The van der Waals surface area contributed by atoms with E-state index in [4.69, 9.17) is 5.11 Å². The molecule has 2 nitrogen and oxygen atoms in total. The van der Waals surface area contributed by atoms with Crippen molar-refractivity contribution in [2.45, 2.75) is 6.92 Å². The molecule has 1 N–H and O–H groups in total. The van der Waals surface area contributed by atoms with Crippen molar-refractivity contribution in [3.63, 3.8) is 0 Å². The third kappa shape index (κ3) is 1.90. The van der Waals surface area contributed by atoms with Gasteiger partial charge in [0, 0.05) is 9.35 Å². The third-order valence-corrected chi connectivity index (χ3v) is 4.89. The van der Waals surface area contributed by atoms with Gasteiger partial charge in [-0.2, -0.15) is 0 Å². The lowest BCUT2D eigenvalue weighted by Crippen LogP contribution is -1.93. The van der Waals surface area contributed by atoms with E-state index in [1.54, 1.807) is 0 Å². The molecule has 0 saturated carbocycles. The van der Waals surface area contributed by atoms with Crippen molar-refractivity contribution in [2.24, 2.45) is 0 Å². The van der Waals surface area contributed by atoms with Crippen molar-refractivity contribution in [1.82, 2.24) is 0 Å². The summed E-state index contributed by atoms with van der Waals surface area (Å²) < 4.78 is 0.876. The Morgan fingerprint density at radius 2 is 1.94 bits per heavy atom. The molecular weight excluding hydrogens is 288 g/mol. The lowest BCUT2D eigenvalue weighted by molar-refractivity contribution is 0.0701. The predicted octanol–water partition coefficient (Wildman–Crippen LogP) is 4.18. The lowest BCUT2D eigenvalue weighted by atomic mass is 10.1. The third-order valence-electron chi connectivity index (χ3n) is 2.30. The molecule has 0 saturated heterocycles. The highest BCUT2D eigenvalue weighted by Gasteiger charge is 2.18. The van der Waals surface area contributed by atoms with E-state index in [-0.39, 0.29) is 0 Å². The van der Waals surface area contributed by atoms with Crippen LogP contribution in [0.4, 0.5) is 0 Å². The summed E-state index contributed by atoms with van der Waals surface area (Å²) in [5.41, 5.74) is 1.83. The van der Waals surface area contributed by atoms with Gasteiger partial charge in [0.1, 0.15) is 4.88 Å². The Bertz CT molecular complexity index is 531. The van der Waals surface area contributed by atoms with Crippen molar-refractivity contribution in [1.29, 1.82) is 0 Å². The first-order valence-corrected chi connectivity index (χ1v) is 6.30. The number of aromatic carboxylic acids is 1. The van der Waals surface area contributed by atoms with Crippen LogP contribution < -0.4 is 0 Å². The standard InChI is InChI=1S/C12H9BrO2S/c1-7-9(13)11(16-10(7)12(14)15)8-5-3-2-4-6-8/h2-6H,1H3,(H,14,15). The summed E-state index contributed by atoms with van der Waals surface area (Å²) in [5.74, 6) is -0.870. The van der Waals surface area contributed by atoms with Gasteiger partial charge in [0.25, 0.3) is 0 Å². The summed E-state index contributed by atoms with van der Waals surface area (Å²) in [4.78, 5) is 12.4. The fourth-order valence-corrected chi connectivity index (χ4v) is 3.32. The van der Waals surface area contributed by atoms with Crippen LogP contribution in [0, 0.1) is 6.92 Å². The monoisotopic (exact) mass is 296 g/mol. The average Bonchev–Trinajstić information content (AvgIpc) is 2.58. The van der Waals surface area contributed by atoms with Gasteiger partial charge < -0.3 is 5.11 Å². The predicted molar refractivity (Wildman–Crippen MR) is 69.2 cm³/mol. The Morgan fingerprint density at radius 3 is 2.44 bits per heavy atom. The van der Waals surface area contributed by atoms with Gasteiger partial charge in [-0.05, 0) is 34.0 Å². The van der Waals surface area contributed by atoms with Crippen LogP contribution in [-0.4, -0.2) is 11.1 Å². The molecule has 16 heavy (non-hydrogen) atoms. The van der Waals surface area contributed by atoms with E-state index < -0.39 is 5.97 Å². The minimum Gasteiger partial charge on any atom is -0.477 e. The fourth-order valence-electron chi connectivity index (χ4n) is 1.47. The Kier molecular flexibility index (Phi) is 3.12. The van der Waals surface area contributed by atoms with Crippen LogP contribution >= 0.6 is 27.3 Å². The fraction of sp³-hybridized carbons (Fsp3) is 0.0833. The van der Waals surface area contributed by atoms with Crippen LogP contribution in [0.15, 0.2) is 34.8 Å². The minimum atomic E-state index is -0.870. The SMILES string of the molecule is Cc1c(C(=O)O)sc(-c2ccccc2)c1Br. The maximum absolute atomic E-state index is 11.0. The van der Waals surface area contributed by atoms with Crippen molar-refractivity contribution in [2.75, 3.05) is 0 Å². The molecule has 0 spiro atoms.